The summed E-state index contributed by atoms with van der Waals surface area (Å²) in [5.41, 5.74) is 4.18. The molecule has 0 spiro atoms. The molecule has 0 bridgehead atoms. The molecule has 2 heteroatoms. The van der Waals surface area contributed by atoms with E-state index >= 15 is 0 Å². The first kappa shape index (κ1) is 13.2. The number of nitrogens with one attached hydrogen (secondary N) is 2. The van der Waals surface area contributed by atoms with E-state index in [0.29, 0.717) is 12.0 Å². The van der Waals surface area contributed by atoms with Crippen LogP contribution in [0.5, 0.6) is 0 Å². The van der Waals surface area contributed by atoms with E-state index in [2.05, 4.69) is 49.6 Å². The van der Waals surface area contributed by atoms with Gasteiger partial charge < -0.3 is 10.6 Å². The quantitative estimate of drug-likeness (QED) is 0.797. The Morgan fingerprint density at radius 2 is 1.88 bits per heavy atom. The molecule has 0 fully saturated rings. The topological polar surface area (TPSA) is 24.1 Å². The minimum Gasteiger partial charge on any atom is -0.318 e. The van der Waals surface area contributed by atoms with E-state index in [1.807, 2.05) is 14.1 Å². The standard InChI is InChI=1S/C14H24N2/c1-10(2)12-7-6-11(3)13(8-12)14(16-5)9-15-4/h6-8,10,14-16H,9H2,1-5H3. The smallest absolute Gasteiger partial charge is 0.0446 e. The predicted molar refractivity (Wildman–Crippen MR) is 71.0 cm³/mol. The van der Waals surface area contributed by atoms with Gasteiger partial charge in [-0.1, -0.05) is 32.0 Å². The monoisotopic (exact) mass is 220 g/mol. The fourth-order valence-corrected chi connectivity index (χ4v) is 1.97. The summed E-state index contributed by atoms with van der Waals surface area (Å²) >= 11 is 0. The van der Waals surface area contributed by atoms with E-state index in [1.165, 1.54) is 16.7 Å². The maximum Gasteiger partial charge on any atom is 0.0446 e. The fourth-order valence-electron chi connectivity index (χ4n) is 1.97. The van der Waals surface area contributed by atoms with Gasteiger partial charge in [0.05, 0.1) is 0 Å². The highest BCUT2D eigenvalue weighted by Gasteiger charge is 2.12. The Kier molecular flexibility index (Phi) is 4.97. The number of aryl methyl sites for hydroxylation is 1. The summed E-state index contributed by atoms with van der Waals surface area (Å²) in [6, 6.07) is 7.18. The van der Waals surface area contributed by atoms with Gasteiger partial charge in [0.1, 0.15) is 0 Å². The molecule has 0 amide bonds. The number of hydrogen-bond acceptors (Lipinski definition) is 2. The van der Waals surface area contributed by atoms with Crippen LogP contribution in [0.15, 0.2) is 18.2 Å². The van der Waals surface area contributed by atoms with E-state index < -0.39 is 0 Å². The molecule has 1 unspecified atom stereocenters. The van der Waals surface area contributed by atoms with Gasteiger partial charge in [0.15, 0.2) is 0 Å². The molecule has 0 aromatic heterocycles. The van der Waals surface area contributed by atoms with Gasteiger partial charge in [0.25, 0.3) is 0 Å². The Balaban J connectivity index is 3.04. The molecule has 0 aliphatic rings. The molecule has 0 heterocycles. The van der Waals surface area contributed by atoms with Crippen LogP contribution in [-0.2, 0) is 0 Å². The largest absolute Gasteiger partial charge is 0.318 e. The van der Waals surface area contributed by atoms with Crippen molar-refractivity contribution in [1.29, 1.82) is 0 Å². The minimum atomic E-state index is 0.392. The van der Waals surface area contributed by atoms with Crippen LogP contribution in [0, 0.1) is 6.92 Å². The summed E-state index contributed by atoms with van der Waals surface area (Å²) in [4.78, 5) is 0. The van der Waals surface area contributed by atoms with Crippen LogP contribution in [0.4, 0.5) is 0 Å². The van der Waals surface area contributed by atoms with Gasteiger partial charge in [0, 0.05) is 12.6 Å². The highest BCUT2D eigenvalue weighted by Crippen LogP contribution is 2.23. The summed E-state index contributed by atoms with van der Waals surface area (Å²) in [7, 11) is 4.01. The average Bonchev–Trinajstić information content (AvgIpc) is 2.26. The third-order valence-corrected chi connectivity index (χ3v) is 3.10. The molecular weight excluding hydrogens is 196 g/mol. The van der Waals surface area contributed by atoms with Crippen molar-refractivity contribution in [2.24, 2.45) is 0 Å². The molecule has 2 N–H and O–H groups in total. The Hall–Kier alpha value is -0.860. The number of rotatable bonds is 5. The number of benzene rings is 1. The molecule has 0 aliphatic heterocycles. The lowest BCUT2D eigenvalue weighted by molar-refractivity contribution is 0.555. The Morgan fingerprint density at radius 3 is 2.38 bits per heavy atom. The highest BCUT2D eigenvalue weighted by molar-refractivity contribution is 5.35. The van der Waals surface area contributed by atoms with Gasteiger partial charge in [-0.2, -0.15) is 0 Å². The minimum absolute atomic E-state index is 0.392. The van der Waals surface area contributed by atoms with Gasteiger partial charge in [-0.05, 0) is 43.6 Å². The third-order valence-electron chi connectivity index (χ3n) is 3.10. The summed E-state index contributed by atoms with van der Waals surface area (Å²) in [5, 5.41) is 6.59. The van der Waals surface area contributed by atoms with Crippen molar-refractivity contribution in [2.75, 3.05) is 20.6 Å². The Labute approximate surface area is 99.5 Å². The van der Waals surface area contributed by atoms with Crippen molar-refractivity contribution >= 4 is 0 Å². The third kappa shape index (κ3) is 3.06. The van der Waals surface area contributed by atoms with E-state index in [1.54, 1.807) is 0 Å². The molecule has 1 atom stereocenters. The van der Waals surface area contributed by atoms with E-state index in [4.69, 9.17) is 0 Å². The van der Waals surface area contributed by atoms with Crippen LogP contribution in [0.1, 0.15) is 42.5 Å². The summed E-state index contributed by atoms with van der Waals surface area (Å²) in [6.07, 6.45) is 0. The van der Waals surface area contributed by atoms with Gasteiger partial charge in [-0.15, -0.1) is 0 Å². The molecule has 1 rings (SSSR count). The lowest BCUT2D eigenvalue weighted by Gasteiger charge is -2.20. The molecule has 0 saturated heterocycles. The van der Waals surface area contributed by atoms with Gasteiger partial charge in [-0.3, -0.25) is 0 Å². The van der Waals surface area contributed by atoms with Crippen molar-refractivity contribution in [3.63, 3.8) is 0 Å². The molecule has 0 saturated carbocycles. The molecule has 1 aromatic carbocycles. The zero-order chi connectivity index (χ0) is 12.1. The average molecular weight is 220 g/mol. The second kappa shape index (κ2) is 6.02. The van der Waals surface area contributed by atoms with Crippen LogP contribution >= 0.6 is 0 Å². The summed E-state index contributed by atoms with van der Waals surface area (Å²) < 4.78 is 0. The second-order valence-electron chi connectivity index (χ2n) is 4.67. The molecule has 0 aliphatic carbocycles. The lowest BCUT2D eigenvalue weighted by Crippen LogP contribution is -2.28. The first-order valence-electron chi connectivity index (χ1n) is 6.02. The molecular formula is C14H24N2. The SMILES string of the molecule is CNCC(NC)c1cc(C(C)C)ccc1C. The number of likely N-dealkylation sites (N-methyl/N-ethyl adjacent to an activating group) is 2. The van der Waals surface area contributed by atoms with Crippen LogP contribution in [0.2, 0.25) is 0 Å². The van der Waals surface area contributed by atoms with Crippen molar-refractivity contribution < 1.29 is 0 Å². The van der Waals surface area contributed by atoms with Crippen molar-refractivity contribution in [2.45, 2.75) is 32.7 Å². The zero-order valence-corrected chi connectivity index (χ0v) is 11.1. The van der Waals surface area contributed by atoms with Gasteiger partial charge in [0.2, 0.25) is 0 Å². The van der Waals surface area contributed by atoms with E-state index in [0.717, 1.165) is 6.54 Å². The lowest BCUT2D eigenvalue weighted by atomic mass is 9.94. The van der Waals surface area contributed by atoms with Crippen molar-refractivity contribution in [3.8, 4) is 0 Å². The first-order valence-corrected chi connectivity index (χ1v) is 6.02. The van der Waals surface area contributed by atoms with Crippen LogP contribution in [0.3, 0.4) is 0 Å². The second-order valence-corrected chi connectivity index (χ2v) is 4.67. The first-order chi connectivity index (χ1) is 7.60. The van der Waals surface area contributed by atoms with Crippen LogP contribution in [0.25, 0.3) is 0 Å². The predicted octanol–water partition coefficient (Wildman–Crippen LogP) is 2.60. The van der Waals surface area contributed by atoms with Crippen LogP contribution in [-0.4, -0.2) is 20.6 Å². The summed E-state index contributed by atoms with van der Waals surface area (Å²) in [5.74, 6) is 0.589. The molecule has 1 aromatic rings. The molecule has 2 nitrogen and oxygen atoms in total. The van der Waals surface area contributed by atoms with Crippen LogP contribution < -0.4 is 10.6 Å². The van der Waals surface area contributed by atoms with Gasteiger partial charge >= 0.3 is 0 Å². The zero-order valence-electron chi connectivity index (χ0n) is 11.1. The van der Waals surface area contributed by atoms with Gasteiger partial charge in [-0.25, -0.2) is 0 Å². The van der Waals surface area contributed by atoms with Crippen molar-refractivity contribution in [3.05, 3.63) is 34.9 Å². The highest BCUT2D eigenvalue weighted by atomic mass is 14.9. The normalized spacial score (nSPS) is 13.1. The Bertz CT molecular complexity index is 332. The van der Waals surface area contributed by atoms with E-state index in [9.17, 15) is 0 Å². The molecule has 0 radical (unpaired) electrons. The Morgan fingerprint density at radius 1 is 1.19 bits per heavy atom. The maximum absolute atomic E-state index is 3.36. The molecule has 90 valence electrons. The maximum atomic E-state index is 3.36. The summed E-state index contributed by atoms with van der Waals surface area (Å²) in [6.45, 7) is 7.61. The van der Waals surface area contributed by atoms with E-state index in [-0.39, 0.29) is 0 Å². The number of hydrogen-bond donors (Lipinski definition) is 2. The van der Waals surface area contributed by atoms with Crippen molar-refractivity contribution in [1.82, 2.24) is 10.6 Å². The fraction of sp³-hybridized carbons (Fsp3) is 0.571. The molecule has 16 heavy (non-hydrogen) atoms.